The largest absolute Gasteiger partial charge is 0.490 e. The first-order chi connectivity index (χ1) is 15.0. The van der Waals surface area contributed by atoms with E-state index in [9.17, 15) is 15.4 Å². The number of hydrogen-bond donors (Lipinski definition) is 1. The van der Waals surface area contributed by atoms with E-state index in [0.29, 0.717) is 29.6 Å². The van der Waals surface area contributed by atoms with Crippen molar-refractivity contribution in [3.8, 4) is 23.4 Å². The van der Waals surface area contributed by atoms with Crippen LogP contribution >= 0.6 is 11.8 Å². The van der Waals surface area contributed by atoms with E-state index in [1.54, 1.807) is 25.3 Å². The van der Waals surface area contributed by atoms with Crippen LogP contribution in [0.3, 0.4) is 0 Å². The number of thioether (sulfide) groups is 1. The van der Waals surface area contributed by atoms with E-state index in [1.807, 2.05) is 36.4 Å². The van der Waals surface area contributed by atoms with Crippen molar-refractivity contribution in [2.24, 2.45) is 0 Å². The van der Waals surface area contributed by atoms with Crippen molar-refractivity contribution in [1.29, 1.82) is 5.26 Å². The summed E-state index contributed by atoms with van der Waals surface area (Å²) in [6.07, 6.45) is 1.76. The van der Waals surface area contributed by atoms with Gasteiger partial charge in [-0.15, -0.1) is 0 Å². The molecule has 0 aliphatic carbocycles. The Morgan fingerprint density at radius 2 is 1.97 bits per heavy atom. The third kappa shape index (κ3) is 5.40. The van der Waals surface area contributed by atoms with E-state index in [0.717, 1.165) is 5.56 Å². The van der Waals surface area contributed by atoms with Gasteiger partial charge in [0.1, 0.15) is 0 Å². The SMILES string of the molecule is CCOc1ccc(C#N)cc1Oc1nc(SC)nc(NCc2ccccc2)c1[N+](=O)[O-]. The van der Waals surface area contributed by atoms with Crippen molar-refractivity contribution >= 4 is 23.3 Å². The molecule has 0 atom stereocenters. The monoisotopic (exact) mass is 437 g/mol. The molecule has 0 bridgehead atoms. The fourth-order valence-corrected chi connectivity index (χ4v) is 3.04. The van der Waals surface area contributed by atoms with Gasteiger partial charge in [0.2, 0.25) is 5.82 Å². The number of ether oxygens (including phenoxy) is 2. The summed E-state index contributed by atoms with van der Waals surface area (Å²) in [6.45, 7) is 2.49. The molecule has 0 amide bonds. The molecule has 2 aromatic carbocycles. The van der Waals surface area contributed by atoms with Gasteiger partial charge in [-0.05, 0) is 30.9 Å². The highest BCUT2D eigenvalue weighted by Gasteiger charge is 2.28. The number of hydrogen-bond acceptors (Lipinski definition) is 9. The second-order valence-electron chi connectivity index (χ2n) is 6.12. The predicted octanol–water partition coefficient (Wildman–Crippen LogP) is 4.78. The zero-order valence-electron chi connectivity index (χ0n) is 16.9. The van der Waals surface area contributed by atoms with E-state index >= 15 is 0 Å². The van der Waals surface area contributed by atoms with Crippen LogP contribution in [-0.4, -0.2) is 27.8 Å². The van der Waals surface area contributed by atoms with Crippen LogP contribution in [0.2, 0.25) is 0 Å². The zero-order valence-corrected chi connectivity index (χ0v) is 17.7. The minimum absolute atomic E-state index is 0.0394. The average molecular weight is 437 g/mol. The number of nitrogens with one attached hydrogen (secondary N) is 1. The molecule has 0 saturated heterocycles. The minimum atomic E-state index is -0.596. The van der Waals surface area contributed by atoms with Gasteiger partial charge in [0.05, 0.1) is 23.2 Å². The molecular formula is C21H19N5O4S. The third-order valence-electron chi connectivity index (χ3n) is 4.08. The lowest BCUT2D eigenvalue weighted by molar-refractivity contribution is -0.385. The molecule has 3 rings (SSSR count). The standard InChI is InChI=1S/C21H19N5O4S/c1-3-29-16-10-9-15(12-22)11-17(16)30-20-18(26(27)28)19(24-21(25-20)31-2)23-13-14-7-5-4-6-8-14/h4-11H,3,13H2,1-2H3,(H,23,24,25). The Labute approximate surface area is 183 Å². The van der Waals surface area contributed by atoms with Crippen molar-refractivity contribution in [2.45, 2.75) is 18.6 Å². The molecule has 3 aromatic rings. The Hall–Kier alpha value is -3.84. The van der Waals surface area contributed by atoms with Crippen LogP contribution in [0.1, 0.15) is 18.1 Å². The van der Waals surface area contributed by atoms with Crippen LogP contribution in [0, 0.1) is 21.4 Å². The van der Waals surface area contributed by atoms with Crippen molar-refractivity contribution in [2.75, 3.05) is 18.2 Å². The lowest BCUT2D eigenvalue weighted by atomic mass is 10.2. The summed E-state index contributed by atoms with van der Waals surface area (Å²) in [5.41, 5.74) is 0.852. The maximum atomic E-state index is 11.9. The highest BCUT2D eigenvalue weighted by molar-refractivity contribution is 7.98. The molecule has 1 aromatic heterocycles. The average Bonchev–Trinajstić information content (AvgIpc) is 2.79. The van der Waals surface area contributed by atoms with Gasteiger partial charge in [-0.25, -0.2) is 0 Å². The maximum absolute atomic E-state index is 11.9. The normalized spacial score (nSPS) is 10.2. The van der Waals surface area contributed by atoms with Gasteiger partial charge in [-0.3, -0.25) is 10.1 Å². The van der Waals surface area contributed by atoms with Gasteiger partial charge in [-0.2, -0.15) is 15.2 Å². The molecule has 0 saturated carbocycles. The number of rotatable bonds is 9. The van der Waals surface area contributed by atoms with Crippen LogP contribution in [0.4, 0.5) is 11.5 Å². The summed E-state index contributed by atoms with van der Waals surface area (Å²) in [5.74, 6) is 0.302. The van der Waals surface area contributed by atoms with Crippen molar-refractivity contribution in [1.82, 2.24) is 9.97 Å². The lowest BCUT2D eigenvalue weighted by Crippen LogP contribution is -2.08. The molecule has 1 N–H and O–H groups in total. The quantitative estimate of drug-likeness (QED) is 0.218. The van der Waals surface area contributed by atoms with Gasteiger partial charge < -0.3 is 14.8 Å². The Bertz CT molecular complexity index is 1120. The Morgan fingerprint density at radius 1 is 1.19 bits per heavy atom. The summed E-state index contributed by atoms with van der Waals surface area (Å²) in [6, 6.07) is 16.1. The first-order valence-corrected chi connectivity index (χ1v) is 10.5. The number of nitrogens with zero attached hydrogens (tertiary/aromatic N) is 4. The molecule has 0 spiro atoms. The van der Waals surface area contributed by atoms with Crippen LogP contribution < -0.4 is 14.8 Å². The predicted molar refractivity (Wildman–Crippen MR) is 117 cm³/mol. The Balaban J connectivity index is 2.03. The molecule has 0 aliphatic rings. The molecule has 10 heteroatoms. The molecule has 0 radical (unpaired) electrons. The summed E-state index contributed by atoms with van der Waals surface area (Å²) in [7, 11) is 0. The lowest BCUT2D eigenvalue weighted by Gasteiger charge is -2.13. The molecule has 1 heterocycles. The van der Waals surface area contributed by atoms with E-state index in [4.69, 9.17) is 9.47 Å². The third-order valence-corrected chi connectivity index (χ3v) is 4.63. The Kier molecular flexibility index (Phi) is 7.24. The van der Waals surface area contributed by atoms with E-state index in [2.05, 4.69) is 15.3 Å². The van der Waals surface area contributed by atoms with Gasteiger partial charge >= 0.3 is 11.6 Å². The molecule has 9 nitrogen and oxygen atoms in total. The highest BCUT2D eigenvalue weighted by atomic mass is 32.2. The van der Waals surface area contributed by atoms with Crippen LogP contribution in [0.5, 0.6) is 17.4 Å². The summed E-state index contributed by atoms with van der Waals surface area (Å²) < 4.78 is 11.3. The second-order valence-corrected chi connectivity index (χ2v) is 6.89. The van der Waals surface area contributed by atoms with E-state index in [-0.39, 0.29) is 17.4 Å². The molecule has 0 aliphatic heterocycles. The van der Waals surface area contributed by atoms with Gasteiger partial charge in [-0.1, -0.05) is 42.1 Å². The number of nitriles is 1. The summed E-state index contributed by atoms with van der Waals surface area (Å²) >= 11 is 1.22. The van der Waals surface area contributed by atoms with Crippen molar-refractivity contribution < 1.29 is 14.4 Å². The summed E-state index contributed by atoms with van der Waals surface area (Å²) in [4.78, 5) is 19.7. The number of benzene rings is 2. The highest BCUT2D eigenvalue weighted by Crippen LogP contribution is 2.39. The Morgan fingerprint density at radius 3 is 2.61 bits per heavy atom. The number of anilines is 1. The van der Waals surface area contributed by atoms with Crippen molar-refractivity contribution in [3.63, 3.8) is 0 Å². The molecule has 0 fully saturated rings. The van der Waals surface area contributed by atoms with E-state index in [1.165, 1.54) is 17.8 Å². The van der Waals surface area contributed by atoms with Gasteiger partial charge in [0.25, 0.3) is 0 Å². The van der Waals surface area contributed by atoms with Crippen molar-refractivity contribution in [3.05, 3.63) is 69.8 Å². The fourth-order valence-electron chi connectivity index (χ4n) is 2.68. The maximum Gasteiger partial charge on any atom is 0.373 e. The minimum Gasteiger partial charge on any atom is -0.490 e. The van der Waals surface area contributed by atoms with Crippen LogP contribution in [0.25, 0.3) is 0 Å². The summed E-state index contributed by atoms with van der Waals surface area (Å²) in [5, 5.41) is 24.4. The molecule has 158 valence electrons. The topological polar surface area (TPSA) is 123 Å². The number of nitro groups is 1. The first kappa shape index (κ1) is 21.9. The van der Waals surface area contributed by atoms with Gasteiger partial charge in [0.15, 0.2) is 16.7 Å². The fraction of sp³-hybridized carbons (Fsp3) is 0.190. The second kappa shape index (κ2) is 10.3. The molecule has 0 unspecified atom stereocenters. The van der Waals surface area contributed by atoms with E-state index < -0.39 is 10.6 Å². The van der Waals surface area contributed by atoms with Gasteiger partial charge in [0, 0.05) is 12.6 Å². The first-order valence-electron chi connectivity index (χ1n) is 9.28. The van der Waals surface area contributed by atoms with Crippen LogP contribution in [-0.2, 0) is 6.54 Å². The zero-order chi connectivity index (χ0) is 22.2. The number of aromatic nitrogens is 2. The molecule has 31 heavy (non-hydrogen) atoms. The smallest absolute Gasteiger partial charge is 0.373 e. The van der Waals surface area contributed by atoms with Crippen LogP contribution in [0.15, 0.2) is 53.7 Å². The molecular weight excluding hydrogens is 418 g/mol.